The van der Waals surface area contributed by atoms with Crippen LogP contribution in [0.25, 0.3) is 16.6 Å². The van der Waals surface area contributed by atoms with E-state index >= 15 is 0 Å². The molecule has 0 unspecified atom stereocenters. The lowest BCUT2D eigenvalue weighted by Gasteiger charge is -2.16. The molecule has 1 aromatic heterocycles. The number of allylic oxidation sites excluding steroid dienone is 1. The van der Waals surface area contributed by atoms with E-state index in [1.807, 2.05) is 96.1 Å². The molecule has 0 spiro atoms. The van der Waals surface area contributed by atoms with E-state index in [1.165, 1.54) is 12.1 Å². The summed E-state index contributed by atoms with van der Waals surface area (Å²) >= 11 is 0. The molecule has 0 amide bonds. The molecule has 0 saturated heterocycles. The maximum Gasteiger partial charge on any atom is 0.416 e. The number of aromatic nitrogens is 2. The number of halogens is 3. The van der Waals surface area contributed by atoms with Crippen LogP contribution < -0.4 is 10.3 Å². The lowest BCUT2D eigenvalue weighted by atomic mass is 10.1. The fourth-order valence-electron chi connectivity index (χ4n) is 4.42. The Labute approximate surface area is 256 Å². The standard InChI is InChI=1S/C19H20N2O2.C16H20F3NO/c1-4-23-15-11-9-14(10-12-15)21-18(13(2)3)20-17-8-6-5-7-16(17)19(21)22;1-4-15(11-21-5-2)20-12(3)10-13-6-8-14(9-7-13)16(17,18)19/h5-13H,4H2,1-3H3;4,6-9H,5,10-11H2,1-3H3/b;15-4-,20-12?. The molecule has 4 aromatic rings. The third-order valence-corrected chi connectivity index (χ3v) is 6.59. The molecule has 0 atom stereocenters. The first-order valence-electron chi connectivity index (χ1n) is 14.7. The van der Waals surface area contributed by atoms with E-state index in [0.29, 0.717) is 31.6 Å². The minimum absolute atomic E-state index is 0.0385. The summed E-state index contributed by atoms with van der Waals surface area (Å²) in [5, 5.41) is 0.630. The second kappa shape index (κ2) is 16.0. The first kappa shape index (κ1) is 34.3. The Bertz CT molecular complexity index is 1620. The van der Waals surface area contributed by atoms with Gasteiger partial charge in [0.05, 0.1) is 41.1 Å². The molecule has 6 nitrogen and oxygen atoms in total. The van der Waals surface area contributed by atoms with E-state index in [-0.39, 0.29) is 11.5 Å². The average molecular weight is 608 g/mol. The SMILES string of the molecule is C/C=C(/COCC)N=C(C)Cc1ccc(C(F)(F)F)cc1.CCOc1ccc(-n2c(C(C)C)nc3ccccc3c2=O)cc1. The van der Waals surface area contributed by atoms with Crippen molar-refractivity contribution in [2.24, 2.45) is 4.99 Å². The number of ether oxygens (including phenoxy) is 2. The smallest absolute Gasteiger partial charge is 0.416 e. The number of benzene rings is 3. The van der Waals surface area contributed by atoms with Crippen molar-refractivity contribution in [2.75, 3.05) is 19.8 Å². The highest BCUT2D eigenvalue weighted by atomic mass is 19.4. The normalized spacial score (nSPS) is 12.3. The van der Waals surface area contributed by atoms with Crippen molar-refractivity contribution in [3.63, 3.8) is 0 Å². The van der Waals surface area contributed by atoms with Gasteiger partial charge < -0.3 is 9.47 Å². The fourth-order valence-corrected chi connectivity index (χ4v) is 4.42. The van der Waals surface area contributed by atoms with Gasteiger partial charge in [0.25, 0.3) is 5.56 Å². The largest absolute Gasteiger partial charge is 0.494 e. The van der Waals surface area contributed by atoms with Gasteiger partial charge in [-0.05, 0) is 81.8 Å². The topological polar surface area (TPSA) is 65.7 Å². The predicted octanol–water partition coefficient (Wildman–Crippen LogP) is 8.56. The van der Waals surface area contributed by atoms with Crippen molar-refractivity contribution in [1.82, 2.24) is 9.55 Å². The second-order valence-corrected chi connectivity index (χ2v) is 10.3. The summed E-state index contributed by atoms with van der Waals surface area (Å²) in [6, 6.07) is 20.2. The highest BCUT2D eigenvalue weighted by molar-refractivity contribution is 5.85. The molecular weight excluding hydrogens is 567 g/mol. The van der Waals surface area contributed by atoms with Crippen LogP contribution in [-0.4, -0.2) is 35.1 Å². The van der Waals surface area contributed by atoms with Crippen LogP contribution in [-0.2, 0) is 17.3 Å². The molecule has 9 heteroatoms. The summed E-state index contributed by atoms with van der Waals surface area (Å²) in [6.45, 7) is 13.4. The van der Waals surface area contributed by atoms with Gasteiger partial charge in [-0.1, -0.05) is 44.2 Å². The third-order valence-electron chi connectivity index (χ3n) is 6.59. The van der Waals surface area contributed by atoms with Gasteiger partial charge in [0.1, 0.15) is 11.6 Å². The molecule has 1 heterocycles. The maximum atomic E-state index is 13.0. The van der Waals surface area contributed by atoms with Gasteiger partial charge in [0, 0.05) is 24.7 Å². The van der Waals surface area contributed by atoms with Crippen molar-refractivity contribution in [2.45, 2.75) is 60.1 Å². The molecule has 44 heavy (non-hydrogen) atoms. The van der Waals surface area contributed by atoms with Gasteiger partial charge in [0.2, 0.25) is 0 Å². The van der Waals surface area contributed by atoms with Gasteiger partial charge in [-0.25, -0.2) is 4.98 Å². The highest BCUT2D eigenvalue weighted by Gasteiger charge is 2.29. The lowest BCUT2D eigenvalue weighted by molar-refractivity contribution is -0.137. The fraction of sp³-hybridized carbons (Fsp3) is 0.343. The van der Waals surface area contributed by atoms with Gasteiger partial charge in [0.15, 0.2) is 0 Å². The molecule has 234 valence electrons. The Balaban J connectivity index is 0.000000242. The Morgan fingerprint density at radius 1 is 0.977 bits per heavy atom. The van der Waals surface area contributed by atoms with Crippen molar-refractivity contribution in [3.05, 3.63) is 112 Å². The van der Waals surface area contributed by atoms with E-state index in [4.69, 9.17) is 14.5 Å². The van der Waals surface area contributed by atoms with Crippen molar-refractivity contribution in [3.8, 4) is 11.4 Å². The Morgan fingerprint density at radius 2 is 1.64 bits per heavy atom. The van der Waals surface area contributed by atoms with E-state index in [0.717, 1.165) is 51.9 Å². The Morgan fingerprint density at radius 3 is 2.20 bits per heavy atom. The molecule has 0 fully saturated rings. The van der Waals surface area contributed by atoms with Crippen molar-refractivity contribution in [1.29, 1.82) is 0 Å². The molecule has 0 aliphatic carbocycles. The van der Waals surface area contributed by atoms with Crippen molar-refractivity contribution < 1.29 is 22.6 Å². The molecule has 0 aliphatic heterocycles. The van der Waals surface area contributed by atoms with Gasteiger partial charge in [-0.2, -0.15) is 13.2 Å². The summed E-state index contributed by atoms with van der Waals surface area (Å²) in [5.74, 6) is 1.70. The Kier molecular flexibility index (Phi) is 12.5. The number of aliphatic imine (C=N–C) groups is 1. The number of hydrogen-bond acceptors (Lipinski definition) is 5. The van der Waals surface area contributed by atoms with Crippen LogP contribution in [0.1, 0.15) is 64.4 Å². The van der Waals surface area contributed by atoms with Crippen LogP contribution in [0.4, 0.5) is 13.2 Å². The number of hydrogen-bond donors (Lipinski definition) is 0. The number of alkyl halides is 3. The third kappa shape index (κ3) is 9.38. The first-order chi connectivity index (χ1) is 21.0. The van der Waals surface area contributed by atoms with Crippen LogP contribution >= 0.6 is 0 Å². The number of para-hydroxylation sites is 1. The van der Waals surface area contributed by atoms with Crippen LogP contribution in [0.2, 0.25) is 0 Å². The molecule has 0 bridgehead atoms. The molecular formula is C35H40F3N3O3. The van der Waals surface area contributed by atoms with E-state index in [2.05, 4.69) is 4.99 Å². The van der Waals surface area contributed by atoms with Crippen LogP contribution in [0, 0.1) is 0 Å². The zero-order chi connectivity index (χ0) is 32.3. The van der Waals surface area contributed by atoms with E-state index < -0.39 is 11.7 Å². The van der Waals surface area contributed by atoms with Crippen LogP contribution in [0.15, 0.2) is 94.4 Å². The second-order valence-electron chi connectivity index (χ2n) is 10.3. The van der Waals surface area contributed by atoms with Crippen LogP contribution in [0.3, 0.4) is 0 Å². The van der Waals surface area contributed by atoms with Gasteiger partial charge >= 0.3 is 6.18 Å². The van der Waals surface area contributed by atoms with E-state index in [1.54, 1.807) is 4.57 Å². The lowest BCUT2D eigenvalue weighted by Crippen LogP contribution is -2.24. The Hall–Kier alpha value is -4.24. The highest BCUT2D eigenvalue weighted by Crippen LogP contribution is 2.29. The summed E-state index contributed by atoms with van der Waals surface area (Å²) in [4.78, 5) is 22.1. The van der Waals surface area contributed by atoms with Crippen LogP contribution in [0.5, 0.6) is 5.75 Å². The summed E-state index contributed by atoms with van der Waals surface area (Å²) in [6.07, 6.45) is -1.91. The zero-order valence-electron chi connectivity index (χ0n) is 26.1. The van der Waals surface area contributed by atoms with Gasteiger partial charge in [-0.15, -0.1) is 0 Å². The average Bonchev–Trinajstić information content (AvgIpc) is 3.00. The molecule has 4 rings (SSSR count). The number of nitrogens with zero attached hydrogens (tertiary/aromatic N) is 3. The van der Waals surface area contributed by atoms with E-state index in [9.17, 15) is 18.0 Å². The zero-order valence-corrected chi connectivity index (χ0v) is 26.1. The summed E-state index contributed by atoms with van der Waals surface area (Å²) < 4.78 is 49.9. The molecule has 0 radical (unpaired) electrons. The maximum absolute atomic E-state index is 13.0. The van der Waals surface area contributed by atoms with Crippen molar-refractivity contribution >= 4 is 16.6 Å². The molecule has 0 saturated carbocycles. The first-order valence-corrected chi connectivity index (χ1v) is 14.7. The van der Waals surface area contributed by atoms with Gasteiger partial charge in [-0.3, -0.25) is 14.4 Å². The monoisotopic (exact) mass is 607 g/mol. The molecule has 3 aromatic carbocycles. The number of rotatable bonds is 10. The predicted molar refractivity (Wildman–Crippen MR) is 171 cm³/mol. The minimum Gasteiger partial charge on any atom is -0.494 e. The molecule has 0 N–H and O–H groups in total. The summed E-state index contributed by atoms with van der Waals surface area (Å²) in [5.41, 5.74) is 3.33. The number of fused-ring (bicyclic) bond motifs is 1. The quantitative estimate of drug-likeness (QED) is 0.170. The molecule has 0 aliphatic rings. The minimum atomic E-state index is -4.29. The summed E-state index contributed by atoms with van der Waals surface area (Å²) in [7, 11) is 0.